The summed E-state index contributed by atoms with van der Waals surface area (Å²) in [6.07, 6.45) is 53.0. The summed E-state index contributed by atoms with van der Waals surface area (Å²) < 4.78 is 20.4. The van der Waals surface area contributed by atoms with E-state index in [2.05, 4.69) is 76.3 Å². The molecule has 53 heavy (non-hydrogen) atoms. The predicted octanol–water partition coefficient (Wildman–Crippen LogP) is 13.9. The van der Waals surface area contributed by atoms with Crippen LogP contribution in [0.2, 0.25) is 0 Å². The summed E-state index contributed by atoms with van der Waals surface area (Å²) in [5.41, 5.74) is -0.0446. The molecular formula is C50H82O3. The van der Waals surface area contributed by atoms with Crippen LogP contribution < -0.4 is 0 Å². The van der Waals surface area contributed by atoms with Crippen LogP contribution in [0.5, 0.6) is 0 Å². The van der Waals surface area contributed by atoms with Crippen molar-refractivity contribution in [2.45, 2.75) is 193 Å². The first-order valence-corrected chi connectivity index (χ1v) is 23.6. The lowest BCUT2D eigenvalue weighted by Gasteiger charge is -2.56. The first-order valence-electron chi connectivity index (χ1n) is 23.6. The Morgan fingerprint density at radius 2 is 0.830 bits per heavy atom. The molecule has 6 aliphatic carbocycles. The van der Waals surface area contributed by atoms with Crippen molar-refractivity contribution in [3.8, 4) is 0 Å². The molecule has 0 radical (unpaired) electrons. The number of rotatable bonds is 18. The van der Waals surface area contributed by atoms with E-state index in [9.17, 15) is 0 Å². The SMILES string of the molecule is CCCCC1CCC(C2(C3(OCC)C=CC(COCC4C=CC(OCC)(C5(C6CCC(CCCC)CC6)CCCCC5)C=C4)C=C3)CCCCC2)CC1. The molecule has 0 heterocycles. The molecule has 6 rings (SSSR count). The molecule has 4 saturated carbocycles. The highest BCUT2D eigenvalue weighted by Gasteiger charge is 2.56. The van der Waals surface area contributed by atoms with Gasteiger partial charge in [-0.2, -0.15) is 0 Å². The van der Waals surface area contributed by atoms with Crippen LogP contribution >= 0.6 is 0 Å². The lowest BCUT2D eigenvalue weighted by molar-refractivity contribution is -0.123. The third kappa shape index (κ3) is 9.20. The molecule has 4 fully saturated rings. The molecule has 0 N–H and O–H groups in total. The molecule has 0 amide bonds. The molecule has 0 bridgehead atoms. The van der Waals surface area contributed by atoms with E-state index in [0.717, 1.165) is 50.1 Å². The fourth-order valence-electron chi connectivity index (χ4n) is 13.1. The summed E-state index contributed by atoms with van der Waals surface area (Å²) in [7, 11) is 0. The van der Waals surface area contributed by atoms with Gasteiger partial charge in [-0.15, -0.1) is 0 Å². The maximum atomic E-state index is 6.92. The molecule has 0 aromatic carbocycles. The van der Waals surface area contributed by atoms with E-state index in [-0.39, 0.29) is 22.0 Å². The van der Waals surface area contributed by atoms with Crippen molar-refractivity contribution in [2.75, 3.05) is 26.4 Å². The van der Waals surface area contributed by atoms with E-state index in [4.69, 9.17) is 14.2 Å². The van der Waals surface area contributed by atoms with Gasteiger partial charge in [0.15, 0.2) is 0 Å². The smallest absolute Gasteiger partial charge is 0.110 e. The Morgan fingerprint density at radius 3 is 1.15 bits per heavy atom. The number of hydrogen-bond acceptors (Lipinski definition) is 3. The van der Waals surface area contributed by atoms with E-state index in [1.807, 2.05) is 0 Å². The van der Waals surface area contributed by atoms with Gasteiger partial charge in [-0.3, -0.25) is 0 Å². The van der Waals surface area contributed by atoms with Gasteiger partial charge in [0, 0.05) is 35.9 Å². The average molecular weight is 731 g/mol. The first-order chi connectivity index (χ1) is 26.0. The van der Waals surface area contributed by atoms with Gasteiger partial charge in [-0.05, 0) is 88.9 Å². The predicted molar refractivity (Wildman–Crippen MR) is 224 cm³/mol. The van der Waals surface area contributed by atoms with Gasteiger partial charge in [0.25, 0.3) is 0 Å². The van der Waals surface area contributed by atoms with E-state index >= 15 is 0 Å². The van der Waals surface area contributed by atoms with Gasteiger partial charge >= 0.3 is 0 Å². The Morgan fingerprint density at radius 1 is 0.472 bits per heavy atom. The molecule has 6 aliphatic rings. The monoisotopic (exact) mass is 731 g/mol. The summed E-state index contributed by atoms with van der Waals surface area (Å²) in [6, 6.07) is 0. The molecule has 0 aromatic rings. The summed E-state index contributed by atoms with van der Waals surface area (Å²) in [5, 5.41) is 0. The Kier molecular flexibility index (Phi) is 15.5. The number of unbranched alkanes of at least 4 members (excludes halogenated alkanes) is 2. The van der Waals surface area contributed by atoms with Gasteiger partial charge in [0.1, 0.15) is 11.2 Å². The molecule has 300 valence electrons. The second-order valence-corrected chi connectivity index (χ2v) is 18.9. The van der Waals surface area contributed by atoms with Crippen LogP contribution in [-0.4, -0.2) is 37.6 Å². The van der Waals surface area contributed by atoms with Gasteiger partial charge < -0.3 is 14.2 Å². The Bertz CT molecular complexity index is 1060. The molecular weight excluding hydrogens is 649 g/mol. The van der Waals surface area contributed by atoms with E-state index < -0.39 is 0 Å². The maximum absolute atomic E-state index is 6.92. The van der Waals surface area contributed by atoms with Crippen molar-refractivity contribution in [1.82, 2.24) is 0 Å². The van der Waals surface area contributed by atoms with Crippen molar-refractivity contribution >= 4 is 0 Å². The quantitative estimate of drug-likeness (QED) is 0.131. The standard InChI is InChI=1S/C50H82O3/c1-5-9-17-41-19-23-45(24-20-41)47(31-13-11-14-32-47)49(52-7-3)35-27-43(28-36-49)39-51-40-44-29-37-50(38-30-44,53-8-4)48(33-15-12-16-34-48)46-25-21-42(22-26-46)18-10-6-2/h27-30,35-38,41-46H,5-26,31-34,39-40H2,1-4H3. The largest absolute Gasteiger partial charge is 0.380 e. The zero-order valence-electron chi connectivity index (χ0n) is 35.1. The van der Waals surface area contributed by atoms with Crippen molar-refractivity contribution in [2.24, 2.45) is 46.3 Å². The van der Waals surface area contributed by atoms with Crippen LogP contribution in [0.25, 0.3) is 0 Å². The van der Waals surface area contributed by atoms with E-state index in [0.29, 0.717) is 11.8 Å². The van der Waals surface area contributed by atoms with Gasteiger partial charge in [-0.25, -0.2) is 0 Å². The summed E-state index contributed by atoms with van der Waals surface area (Å²) in [4.78, 5) is 0. The number of ether oxygens (including phenoxy) is 3. The fraction of sp³-hybridized carbons (Fsp3) is 0.840. The normalized spacial score (nSPS) is 36.8. The minimum atomic E-state index is -0.263. The van der Waals surface area contributed by atoms with Crippen LogP contribution in [0, 0.1) is 46.3 Å². The van der Waals surface area contributed by atoms with Gasteiger partial charge in [-0.1, -0.05) is 165 Å². The maximum Gasteiger partial charge on any atom is 0.110 e. The highest BCUT2D eigenvalue weighted by molar-refractivity contribution is 5.31. The summed E-state index contributed by atoms with van der Waals surface area (Å²) >= 11 is 0. The van der Waals surface area contributed by atoms with Crippen molar-refractivity contribution in [1.29, 1.82) is 0 Å². The van der Waals surface area contributed by atoms with Crippen LogP contribution in [-0.2, 0) is 14.2 Å². The Balaban J connectivity index is 1.07. The van der Waals surface area contributed by atoms with Crippen LogP contribution in [0.1, 0.15) is 182 Å². The number of hydrogen-bond donors (Lipinski definition) is 0. The highest BCUT2D eigenvalue weighted by Crippen LogP contribution is 2.60. The molecule has 0 saturated heterocycles. The summed E-state index contributed by atoms with van der Waals surface area (Å²) in [5.74, 6) is 4.07. The Labute approximate surface area is 327 Å². The Hall–Kier alpha value is -1.16. The molecule has 0 atom stereocenters. The third-order valence-electron chi connectivity index (χ3n) is 16.0. The topological polar surface area (TPSA) is 27.7 Å². The minimum Gasteiger partial charge on any atom is -0.380 e. The lowest BCUT2D eigenvalue weighted by Crippen LogP contribution is -2.54. The zero-order valence-corrected chi connectivity index (χ0v) is 35.1. The second kappa shape index (κ2) is 19.8. The van der Waals surface area contributed by atoms with Crippen LogP contribution in [0.4, 0.5) is 0 Å². The lowest BCUT2D eigenvalue weighted by atomic mass is 9.52. The van der Waals surface area contributed by atoms with Crippen molar-refractivity contribution in [3.63, 3.8) is 0 Å². The van der Waals surface area contributed by atoms with Crippen molar-refractivity contribution in [3.05, 3.63) is 48.6 Å². The minimum absolute atomic E-state index is 0.241. The second-order valence-electron chi connectivity index (χ2n) is 18.9. The molecule has 3 heteroatoms. The molecule has 0 spiro atoms. The van der Waals surface area contributed by atoms with Gasteiger partial charge in [0.2, 0.25) is 0 Å². The van der Waals surface area contributed by atoms with Gasteiger partial charge in [0.05, 0.1) is 13.2 Å². The van der Waals surface area contributed by atoms with Crippen molar-refractivity contribution < 1.29 is 14.2 Å². The highest BCUT2D eigenvalue weighted by atomic mass is 16.5. The molecule has 0 aliphatic heterocycles. The molecule has 3 nitrogen and oxygen atoms in total. The average Bonchev–Trinajstić information content (AvgIpc) is 3.21. The first kappa shape index (κ1) is 41.5. The van der Waals surface area contributed by atoms with Crippen LogP contribution in [0.3, 0.4) is 0 Å². The third-order valence-corrected chi connectivity index (χ3v) is 16.0. The molecule has 0 unspecified atom stereocenters. The zero-order chi connectivity index (χ0) is 37.0. The summed E-state index contributed by atoms with van der Waals surface area (Å²) in [6.45, 7) is 12.1. The fourth-order valence-corrected chi connectivity index (χ4v) is 13.1. The van der Waals surface area contributed by atoms with Crippen LogP contribution in [0.15, 0.2) is 48.6 Å². The van der Waals surface area contributed by atoms with E-state index in [1.54, 1.807) is 0 Å². The van der Waals surface area contributed by atoms with E-state index in [1.165, 1.54) is 154 Å². The molecule has 0 aromatic heterocycles.